The highest BCUT2D eigenvalue weighted by molar-refractivity contribution is 5.92. The third kappa shape index (κ3) is 6.19. The minimum Gasteiger partial charge on any atom is -0.459 e. The molecule has 9 heteroatoms. The molecule has 0 N–H and O–H groups in total. The molecule has 2 aromatic carbocycles. The van der Waals surface area contributed by atoms with E-state index in [0.29, 0.717) is 44.7 Å². The monoisotopic (exact) mass is 535 g/mol. The van der Waals surface area contributed by atoms with Crippen LogP contribution in [0.1, 0.15) is 60.8 Å². The number of amides is 2. The van der Waals surface area contributed by atoms with Crippen LogP contribution in [-0.2, 0) is 27.2 Å². The van der Waals surface area contributed by atoms with Crippen molar-refractivity contribution >= 4 is 18.2 Å². The second kappa shape index (κ2) is 10.9. The third-order valence-corrected chi connectivity index (χ3v) is 7.44. The molecular weight excluding hydrogens is 498 g/mol. The fourth-order valence-corrected chi connectivity index (χ4v) is 5.55. The van der Waals surface area contributed by atoms with Gasteiger partial charge in [0.05, 0.1) is 11.6 Å². The van der Waals surface area contributed by atoms with Gasteiger partial charge in [-0.2, -0.15) is 0 Å². The highest BCUT2D eigenvalue weighted by atomic mass is 16.6. The lowest BCUT2D eigenvalue weighted by Gasteiger charge is -2.50. The predicted octanol–water partition coefficient (Wildman–Crippen LogP) is 4.40. The fourth-order valence-electron chi connectivity index (χ4n) is 5.55. The van der Waals surface area contributed by atoms with Crippen molar-refractivity contribution in [2.24, 2.45) is 0 Å². The number of hydrogen-bond acceptors (Lipinski definition) is 7. The molecule has 2 fully saturated rings. The minimum absolute atomic E-state index is 0.0422. The molecule has 2 saturated heterocycles. The molecule has 0 bridgehead atoms. The Labute approximate surface area is 229 Å². The largest absolute Gasteiger partial charge is 0.459 e. The molecule has 2 amide bonds. The van der Waals surface area contributed by atoms with Gasteiger partial charge in [0.1, 0.15) is 18.3 Å². The van der Waals surface area contributed by atoms with Gasteiger partial charge < -0.3 is 19.1 Å². The zero-order chi connectivity index (χ0) is 27.7. The van der Waals surface area contributed by atoms with E-state index < -0.39 is 5.60 Å². The van der Waals surface area contributed by atoms with Gasteiger partial charge in [0.25, 0.3) is 0 Å². The van der Waals surface area contributed by atoms with Crippen LogP contribution in [0.5, 0.6) is 0 Å². The highest BCUT2D eigenvalue weighted by Crippen LogP contribution is 2.33. The standard InChI is InChI=1S/C30H37N3O6/c1-20-14-23-15-22(10-11-25(23)27(34)38-20)26-18-31-12-13-32(28(35)37-19-21-8-6-5-7-9-21)16-24(31)17-33(26)29(36)39-30(2,3)4/h5-11,15,20,24,26H,12-14,16-19H2,1-4H3/t20-,24+,26-/m1/s1. The van der Waals surface area contributed by atoms with Crippen LogP contribution in [0.25, 0.3) is 0 Å². The average molecular weight is 536 g/mol. The molecule has 0 spiro atoms. The molecule has 0 radical (unpaired) electrons. The fraction of sp³-hybridized carbons (Fsp3) is 0.500. The van der Waals surface area contributed by atoms with Crippen LogP contribution < -0.4 is 0 Å². The maximum absolute atomic E-state index is 13.4. The number of piperazine rings is 2. The topological polar surface area (TPSA) is 88.6 Å². The number of ether oxygens (including phenoxy) is 3. The summed E-state index contributed by atoms with van der Waals surface area (Å²) >= 11 is 0. The van der Waals surface area contributed by atoms with Crippen LogP contribution in [0.15, 0.2) is 48.5 Å². The summed E-state index contributed by atoms with van der Waals surface area (Å²) < 4.78 is 16.8. The number of fused-ring (bicyclic) bond motifs is 2. The second-order valence-corrected chi connectivity index (χ2v) is 11.6. The first-order valence-electron chi connectivity index (χ1n) is 13.6. The van der Waals surface area contributed by atoms with Gasteiger partial charge in [0.15, 0.2) is 0 Å². The number of hydrogen-bond donors (Lipinski definition) is 0. The van der Waals surface area contributed by atoms with Crippen LogP contribution in [0, 0.1) is 0 Å². The summed E-state index contributed by atoms with van der Waals surface area (Å²) in [4.78, 5) is 44.5. The number of cyclic esters (lactones) is 1. The summed E-state index contributed by atoms with van der Waals surface area (Å²) in [5, 5.41) is 0. The van der Waals surface area contributed by atoms with E-state index in [1.165, 1.54) is 0 Å². The lowest BCUT2D eigenvalue weighted by Crippen LogP contribution is -2.64. The number of carbonyl (C=O) groups is 3. The summed E-state index contributed by atoms with van der Waals surface area (Å²) in [6, 6.07) is 15.1. The van der Waals surface area contributed by atoms with Crippen molar-refractivity contribution in [1.29, 1.82) is 0 Å². The van der Waals surface area contributed by atoms with Gasteiger partial charge >= 0.3 is 18.2 Å². The molecule has 2 aromatic rings. The molecule has 5 rings (SSSR count). The van der Waals surface area contributed by atoms with Gasteiger partial charge in [0.2, 0.25) is 0 Å². The molecule has 208 valence electrons. The Morgan fingerprint density at radius 3 is 2.51 bits per heavy atom. The molecule has 3 atom stereocenters. The van der Waals surface area contributed by atoms with Crippen molar-refractivity contribution in [3.05, 3.63) is 70.8 Å². The summed E-state index contributed by atoms with van der Waals surface area (Å²) in [6.07, 6.45) is -0.283. The van der Waals surface area contributed by atoms with Gasteiger partial charge in [-0.3, -0.25) is 9.80 Å². The Morgan fingerprint density at radius 2 is 1.77 bits per heavy atom. The highest BCUT2D eigenvalue weighted by Gasteiger charge is 2.42. The smallest absolute Gasteiger partial charge is 0.410 e. The number of carbonyl (C=O) groups excluding carboxylic acids is 3. The first kappa shape index (κ1) is 27.0. The second-order valence-electron chi connectivity index (χ2n) is 11.6. The molecule has 39 heavy (non-hydrogen) atoms. The Morgan fingerprint density at radius 1 is 1.00 bits per heavy atom. The predicted molar refractivity (Wildman–Crippen MR) is 144 cm³/mol. The molecule has 3 heterocycles. The van der Waals surface area contributed by atoms with E-state index >= 15 is 0 Å². The Balaban J connectivity index is 1.33. The quantitative estimate of drug-likeness (QED) is 0.425. The lowest BCUT2D eigenvalue weighted by molar-refractivity contribution is -0.0363. The number of esters is 1. The van der Waals surface area contributed by atoms with E-state index in [1.807, 2.05) is 70.2 Å². The van der Waals surface area contributed by atoms with Crippen LogP contribution in [0.2, 0.25) is 0 Å². The van der Waals surface area contributed by atoms with E-state index in [0.717, 1.165) is 16.7 Å². The third-order valence-electron chi connectivity index (χ3n) is 7.44. The van der Waals surface area contributed by atoms with Gasteiger partial charge in [0, 0.05) is 45.2 Å². The summed E-state index contributed by atoms with van der Waals surface area (Å²) in [7, 11) is 0. The SMILES string of the molecule is C[C@@H]1Cc2cc([C@H]3CN4CCN(C(=O)OCc5ccccc5)C[C@H]4CN3C(=O)OC(C)(C)C)ccc2C(=O)O1. The number of nitrogens with zero attached hydrogens (tertiary/aromatic N) is 3. The van der Waals surface area contributed by atoms with Crippen LogP contribution in [0.4, 0.5) is 9.59 Å². The van der Waals surface area contributed by atoms with Crippen LogP contribution in [0.3, 0.4) is 0 Å². The van der Waals surface area contributed by atoms with Gasteiger partial charge in [-0.15, -0.1) is 0 Å². The Hall–Kier alpha value is -3.59. The molecule has 9 nitrogen and oxygen atoms in total. The lowest BCUT2D eigenvalue weighted by atomic mass is 9.92. The van der Waals surface area contributed by atoms with E-state index in [4.69, 9.17) is 14.2 Å². The Bertz CT molecular complexity index is 1230. The van der Waals surface area contributed by atoms with Crippen molar-refractivity contribution in [3.63, 3.8) is 0 Å². The molecule has 0 saturated carbocycles. The number of rotatable bonds is 3. The first-order valence-corrected chi connectivity index (χ1v) is 13.6. The molecule has 0 unspecified atom stereocenters. The normalized spacial score (nSPS) is 23.4. The summed E-state index contributed by atoms with van der Waals surface area (Å²) in [5.74, 6) is -0.307. The molecule has 3 aliphatic heterocycles. The molecule has 0 aliphatic carbocycles. The van der Waals surface area contributed by atoms with Crippen molar-refractivity contribution in [3.8, 4) is 0 Å². The Kier molecular flexibility index (Phi) is 7.53. The minimum atomic E-state index is -0.645. The summed E-state index contributed by atoms with van der Waals surface area (Å²) in [5.41, 5.74) is 2.78. The first-order chi connectivity index (χ1) is 18.6. The number of benzene rings is 2. The maximum atomic E-state index is 13.4. The summed E-state index contributed by atoms with van der Waals surface area (Å²) in [6.45, 7) is 10.4. The molecule has 0 aromatic heterocycles. The van der Waals surface area contributed by atoms with Crippen LogP contribution in [-0.4, -0.2) is 83.3 Å². The van der Waals surface area contributed by atoms with Crippen molar-refractivity contribution in [1.82, 2.24) is 14.7 Å². The van der Waals surface area contributed by atoms with E-state index in [1.54, 1.807) is 15.9 Å². The zero-order valence-electron chi connectivity index (χ0n) is 23.1. The van der Waals surface area contributed by atoms with E-state index in [9.17, 15) is 14.4 Å². The van der Waals surface area contributed by atoms with Gasteiger partial charge in [-0.05, 0) is 50.5 Å². The molecular formula is C30H37N3O6. The van der Waals surface area contributed by atoms with Gasteiger partial charge in [-0.1, -0.05) is 42.5 Å². The maximum Gasteiger partial charge on any atom is 0.410 e. The zero-order valence-corrected chi connectivity index (χ0v) is 23.1. The van der Waals surface area contributed by atoms with Crippen molar-refractivity contribution in [2.75, 3.05) is 32.7 Å². The van der Waals surface area contributed by atoms with E-state index in [2.05, 4.69) is 4.90 Å². The molecule has 3 aliphatic rings. The van der Waals surface area contributed by atoms with E-state index in [-0.39, 0.29) is 43.0 Å². The van der Waals surface area contributed by atoms with Crippen LogP contribution >= 0.6 is 0 Å². The van der Waals surface area contributed by atoms with Gasteiger partial charge in [-0.25, -0.2) is 14.4 Å². The average Bonchev–Trinajstić information content (AvgIpc) is 2.89. The van der Waals surface area contributed by atoms with Crippen molar-refractivity contribution < 1.29 is 28.6 Å². The van der Waals surface area contributed by atoms with Crippen molar-refractivity contribution in [2.45, 2.75) is 64.5 Å².